The van der Waals surface area contributed by atoms with Gasteiger partial charge < -0.3 is 21.3 Å². The minimum absolute atomic E-state index is 0.0793. The van der Waals surface area contributed by atoms with Crippen LogP contribution in [0.5, 0.6) is 0 Å². The maximum atomic E-state index is 4.05. The predicted octanol–water partition coefficient (Wildman–Crippen LogP) is 3.54. The van der Waals surface area contributed by atoms with Crippen LogP contribution in [0.4, 0.5) is 0 Å². The first-order valence-corrected chi connectivity index (χ1v) is 24.9. The highest BCUT2D eigenvalue weighted by molar-refractivity contribution is 7.18. The third-order valence-corrected chi connectivity index (χ3v) is 18.0. The Hall–Kier alpha value is 0.354. The molecule has 2 aliphatic heterocycles. The second-order valence-electron chi connectivity index (χ2n) is 16.3. The molecule has 7 rings (SSSR count). The van der Waals surface area contributed by atoms with Crippen LogP contribution < -0.4 is 31.6 Å². The average molecular weight is 617 g/mol. The molecule has 0 radical (unpaired) electrons. The van der Waals surface area contributed by atoms with Gasteiger partial charge in [0.05, 0.1) is 16.1 Å². The molecule has 4 saturated carbocycles. The minimum atomic E-state index is -1.59. The molecule has 4 atom stereocenters. The van der Waals surface area contributed by atoms with Crippen LogP contribution in [0.3, 0.4) is 0 Å². The summed E-state index contributed by atoms with van der Waals surface area (Å²) in [7, 11) is 3.73. The molecular formula is C32H58N4P2Si2. The highest BCUT2D eigenvalue weighted by Crippen LogP contribution is 2.64. The van der Waals surface area contributed by atoms with Gasteiger partial charge in [0.25, 0.3) is 0 Å². The van der Waals surface area contributed by atoms with E-state index in [1.165, 1.54) is 38.3 Å². The van der Waals surface area contributed by atoms with Crippen molar-refractivity contribution in [1.29, 1.82) is 0 Å². The smallest absolute Gasteiger partial charge is 0.0774 e. The molecule has 6 fully saturated rings. The van der Waals surface area contributed by atoms with Crippen LogP contribution in [0, 0.1) is 23.7 Å². The summed E-state index contributed by atoms with van der Waals surface area (Å²) in [6.07, 6.45) is 8.61. The monoisotopic (exact) mass is 616 g/mol. The van der Waals surface area contributed by atoms with Crippen LogP contribution in [0.2, 0.25) is 39.3 Å². The number of rotatable bonds is 7. The van der Waals surface area contributed by atoms with E-state index in [0.717, 1.165) is 62.9 Å². The topological polar surface area (TPSA) is 48.1 Å². The van der Waals surface area contributed by atoms with Gasteiger partial charge in [0, 0.05) is 61.9 Å². The van der Waals surface area contributed by atoms with E-state index >= 15 is 0 Å². The maximum Gasteiger partial charge on any atom is 0.0774 e. The summed E-state index contributed by atoms with van der Waals surface area (Å²) in [6.45, 7) is 21.9. The van der Waals surface area contributed by atoms with Crippen molar-refractivity contribution in [3.8, 4) is 0 Å². The Morgan fingerprint density at radius 2 is 1.23 bits per heavy atom. The van der Waals surface area contributed by atoms with Crippen molar-refractivity contribution in [2.75, 3.05) is 45.4 Å². The Morgan fingerprint density at radius 1 is 0.750 bits per heavy atom. The molecule has 40 heavy (non-hydrogen) atoms. The van der Waals surface area contributed by atoms with Crippen molar-refractivity contribution in [2.24, 2.45) is 23.7 Å². The molecular weight excluding hydrogens is 559 g/mol. The quantitative estimate of drug-likeness (QED) is 0.280. The number of hydrogen-bond acceptors (Lipinski definition) is 4. The van der Waals surface area contributed by atoms with Gasteiger partial charge in [-0.3, -0.25) is 0 Å². The second kappa shape index (κ2) is 11.1. The fourth-order valence-electron chi connectivity index (χ4n) is 10.1. The third kappa shape index (κ3) is 5.01. The van der Waals surface area contributed by atoms with Crippen molar-refractivity contribution >= 4 is 45.0 Å². The van der Waals surface area contributed by atoms with Gasteiger partial charge in [-0.25, -0.2) is 0 Å². The van der Waals surface area contributed by atoms with Gasteiger partial charge in [0.15, 0.2) is 0 Å². The summed E-state index contributed by atoms with van der Waals surface area (Å²) in [5.74, 6) is 3.66. The van der Waals surface area contributed by atoms with Gasteiger partial charge in [-0.2, -0.15) is 0 Å². The number of nitrogens with one attached hydrogen (secondary N) is 4. The lowest BCUT2D eigenvalue weighted by Gasteiger charge is -2.63. The number of benzene rings is 1. The SMILES string of the molecule is C[Si](C)(C)c1cc(C(P)(C2CNCCN2)C2CNCCN2)c(C2(CP)C3CC4CC(C3)CC2C4)cc1[Si](C)(C)C. The predicted molar refractivity (Wildman–Crippen MR) is 186 cm³/mol. The molecule has 1 aromatic carbocycles. The Labute approximate surface area is 252 Å². The van der Waals surface area contributed by atoms with E-state index in [9.17, 15) is 0 Å². The molecule has 2 heterocycles. The third-order valence-electron chi connectivity index (χ3n) is 11.9. The highest BCUT2D eigenvalue weighted by Gasteiger charge is 2.59. The molecule has 224 valence electrons. The second-order valence-corrected chi connectivity index (χ2v) is 27.8. The molecule has 0 spiro atoms. The minimum Gasteiger partial charge on any atom is -0.314 e. The maximum absolute atomic E-state index is 4.05. The fraction of sp³-hybridized carbons (Fsp3) is 0.812. The number of piperazine rings is 2. The van der Waals surface area contributed by atoms with E-state index in [1.54, 1.807) is 21.5 Å². The molecule has 2 saturated heterocycles. The number of hydrogen-bond donors (Lipinski definition) is 4. The lowest BCUT2D eigenvalue weighted by molar-refractivity contribution is -0.0506. The molecule has 4 nitrogen and oxygen atoms in total. The first-order valence-electron chi connectivity index (χ1n) is 16.5. The molecule has 4 bridgehead atoms. The van der Waals surface area contributed by atoms with E-state index in [1.807, 2.05) is 0 Å². The van der Waals surface area contributed by atoms with Gasteiger partial charge in [0.1, 0.15) is 0 Å². The normalized spacial score (nSPS) is 37.9. The van der Waals surface area contributed by atoms with Gasteiger partial charge in [0.2, 0.25) is 0 Å². The Balaban J connectivity index is 1.64. The van der Waals surface area contributed by atoms with Crippen LogP contribution in [-0.2, 0) is 10.6 Å². The molecule has 4 unspecified atom stereocenters. The summed E-state index contributed by atoms with van der Waals surface area (Å²) in [4.78, 5) is 0. The van der Waals surface area contributed by atoms with E-state index in [0.29, 0.717) is 17.5 Å². The first kappa shape index (κ1) is 30.4. The van der Waals surface area contributed by atoms with Crippen LogP contribution in [-0.4, -0.2) is 73.7 Å². The summed E-state index contributed by atoms with van der Waals surface area (Å²) in [6, 6.07) is 6.48. The van der Waals surface area contributed by atoms with Crippen molar-refractivity contribution in [2.45, 2.75) is 94.0 Å². The molecule has 4 aliphatic carbocycles. The van der Waals surface area contributed by atoms with Crippen molar-refractivity contribution < 1.29 is 0 Å². The van der Waals surface area contributed by atoms with Gasteiger partial charge in [-0.1, -0.05) is 61.8 Å². The molecule has 0 aromatic heterocycles. The highest BCUT2D eigenvalue weighted by atomic mass is 31.0. The summed E-state index contributed by atoms with van der Waals surface area (Å²) in [5, 5.41) is 19.1. The fourth-order valence-corrected chi connectivity index (χ4v) is 16.9. The van der Waals surface area contributed by atoms with Crippen molar-refractivity contribution in [3.05, 3.63) is 23.3 Å². The van der Waals surface area contributed by atoms with E-state index < -0.39 is 16.1 Å². The van der Waals surface area contributed by atoms with E-state index in [2.05, 4.69) is 91.2 Å². The zero-order valence-electron chi connectivity index (χ0n) is 26.3. The Bertz CT molecular complexity index is 1040. The lowest BCUT2D eigenvalue weighted by Crippen LogP contribution is -2.68. The summed E-state index contributed by atoms with van der Waals surface area (Å²) >= 11 is 0. The van der Waals surface area contributed by atoms with Gasteiger partial charge in [-0.05, 0) is 73.1 Å². The van der Waals surface area contributed by atoms with Crippen LogP contribution in [0.15, 0.2) is 12.1 Å². The molecule has 8 heteroatoms. The average Bonchev–Trinajstić information content (AvgIpc) is 2.92. The molecule has 1 aromatic rings. The summed E-state index contributed by atoms with van der Waals surface area (Å²) in [5.41, 5.74) is 3.74. The van der Waals surface area contributed by atoms with Crippen LogP contribution in [0.1, 0.15) is 43.2 Å². The Kier molecular flexibility index (Phi) is 8.40. The summed E-state index contributed by atoms with van der Waals surface area (Å²) < 4.78 is 0. The lowest BCUT2D eigenvalue weighted by atomic mass is 9.43. The van der Waals surface area contributed by atoms with Crippen LogP contribution >= 0.6 is 18.5 Å². The van der Waals surface area contributed by atoms with E-state index in [-0.39, 0.29) is 5.16 Å². The van der Waals surface area contributed by atoms with E-state index in [4.69, 9.17) is 0 Å². The Morgan fingerprint density at radius 3 is 1.62 bits per heavy atom. The largest absolute Gasteiger partial charge is 0.314 e. The zero-order chi connectivity index (χ0) is 28.5. The molecule has 0 amide bonds. The van der Waals surface area contributed by atoms with Gasteiger partial charge >= 0.3 is 0 Å². The molecule has 4 N–H and O–H groups in total. The standard InChI is InChI=1S/C32H58N4P2Si2/c1-39(2,3)27-16-25(31(20-37)23-12-21-11-22(14-23)15-24(31)13-21)26(17-28(27)40(4,5)6)32(38,29-18-33-7-9-35-29)30-19-34-8-10-36-30/h16-17,21-24,29-30,33-36H,7-15,18-20,37-38H2,1-6H3. The van der Waals surface area contributed by atoms with Crippen molar-refractivity contribution in [1.82, 2.24) is 21.3 Å². The van der Waals surface area contributed by atoms with Gasteiger partial charge in [-0.15, -0.1) is 18.5 Å². The molecule has 6 aliphatic rings. The van der Waals surface area contributed by atoms with Crippen molar-refractivity contribution in [3.63, 3.8) is 0 Å². The van der Waals surface area contributed by atoms with Crippen LogP contribution in [0.25, 0.3) is 0 Å². The first-order chi connectivity index (χ1) is 18.9. The zero-order valence-corrected chi connectivity index (χ0v) is 30.6.